The largest absolute Gasteiger partial charge is 0.465 e. The van der Waals surface area contributed by atoms with Crippen molar-refractivity contribution in [3.05, 3.63) is 45.8 Å². The predicted octanol–water partition coefficient (Wildman–Crippen LogP) is 2.76. The van der Waals surface area contributed by atoms with E-state index in [-0.39, 0.29) is 11.8 Å². The normalized spacial score (nSPS) is 12.9. The van der Waals surface area contributed by atoms with Crippen LogP contribution in [0.25, 0.3) is 0 Å². The Morgan fingerprint density at radius 1 is 1.18 bits per heavy atom. The molecule has 2 aromatic rings. The summed E-state index contributed by atoms with van der Waals surface area (Å²) >= 11 is 1.32. The third-order valence-electron chi connectivity index (χ3n) is 4.76. The number of hydrogen-bond acceptors (Lipinski definition) is 6. The number of hydrogen-bond donors (Lipinski definition) is 1. The minimum absolute atomic E-state index is 0.00904. The molecular weight excluding hydrogens is 378 g/mol. The van der Waals surface area contributed by atoms with Gasteiger partial charge in [-0.25, -0.2) is 4.79 Å². The lowest BCUT2D eigenvalue weighted by Crippen LogP contribution is -2.33. The van der Waals surface area contributed by atoms with Gasteiger partial charge in [-0.05, 0) is 36.2 Å². The van der Waals surface area contributed by atoms with Gasteiger partial charge in [0.05, 0.1) is 19.2 Å². The van der Waals surface area contributed by atoms with Gasteiger partial charge in [-0.15, -0.1) is 11.3 Å². The molecule has 0 unspecified atom stereocenters. The summed E-state index contributed by atoms with van der Waals surface area (Å²) in [5.74, 6) is -0.783. The summed E-state index contributed by atoms with van der Waals surface area (Å²) in [4.78, 5) is 41.4. The van der Waals surface area contributed by atoms with Crippen LogP contribution >= 0.6 is 11.3 Å². The molecule has 8 heteroatoms. The van der Waals surface area contributed by atoms with Crippen LogP contribution in [0.5, 0.6) is 0 Å². The average molecular weight is 401 g/mol. The molecule has 148 valence electrons. The number of amides is 2. The minimum atomic E-state index is -0.480. The Kier molecular flexibility index (Phi) is 5.69. The zero-order valence-electron chi connectivity index (χ0n) is 16.4. The Bertz CT molecular complexity index is 918. The minimum Gasteiger partial charge on any atom is -0.465 e. The van der Waals surface area contributed by atoms with E-state index in [2.05, 4.69) is 5.32 Å². The van der Waals surface area contributed by atoms with Gasteiger partial charge in [0, 0.05) is 43.7 Å². The van der Waals surface area contributed by atoms with Crippen LogP contribution in [0.2, 0.25) is 0 Å². The number of rotatable bonds is 4. The lowest BCUT2D eigenvalue weighted by Gasteiger charge is -2.25. The highest BCUT2D eigenvalue weighted by Gasteiger charge is 2.30. The molecule has 1 aromatic carbocycles. The Hall–Kier alpha value is -2.87. The second-order valence-corrected chi connectivity index (χ2v) is 7.89. The summed E-state index contributed by atoms with van der Waals surface area (Å²) in [6.45, 7) is 2.51. The van der Waals surface area contributed by atoms with E-state index >= 15 is 0 Å². The van der Waals surface area contributed by atoms with Crippen LogP contribution < -0.4 is 10.2 Å². The van der Waals surface area contributed by atoms with E-state index in [0.717, 1.165) is 16.1 Å². The fourth-order valence-corrected chi connectivity index (χ4v) is 4.41. The fraction of sp³-hybridized carbons (Fsp3) is 0.350. The Balaban J connectivity index is 1.89. The van der Waals surface area contributed by atoms with Crippen LogP contribution in [0.3, 0.4) is 0 Å². The van der Waals surface area contributed by atoms with Gasteiger partial charge in [0.2, 0.25) is 5.91 Å². The quantitative estimate of drug-likeness (QED) is 0.797. The highest BCUT2D eigenvalue weighted by molar-refractivity contribution is 7.17. The van der Waals surface area contributed by atoms with Crippen molar-refractivity contribution in [2.24, 2.45) is 0 Å². The Labute approximate surface area is 167 Å². The molecule has 28 heavy (non-hydrogen) atoms. The molecule has 1 N–H and O–H groups in total. The summed E-state index contributed by atoms with van der Waals surface area (Å²) in [6.07, 6.45) is 0.559. The maximum Gasteiger partial charge on any atom is 0.341 e. The van der Waals surface area contributed by atoms with Gasteiger partial charge < -0.3 is 19.9 Å². The molecule has 0 radical (unpaired) electrons. The molecule has 0 spiro atoms. The summed E-state index contributed by atoms with van der Waals surface area (Å²) in [6, 6.07) is 7.21. The van der Waals surface area contributed by atoms with Crippen molar-refractivity contribution in [1.82, 2.24) is 4.90 Å². The zero-order chi connectivity index (χ0) is 20.4. The second kappa shape index (κ2) is 8.02. The molecule has 0 saturated heterocycles. The number of methoxy groups -OCH3 is 1. The average Bonchev–Trinajstić information content (AvgIpc) is 3.04. The van der Waals surface area contributed by atoms with Crippen LogP contribution in [0.4, 0.5) is 10.7 Å². The number of ether oxygens (including phenoxy) is 1. The van der Waals surface area contributed by atoms with E-state index in [1.807, 2.05) is 31.1 Å². The van der Waals surface area contributed by atoms with E-state index in [4.69, 9.17) is 4.74 Å². The smallest absolute Gasteiger partial charge is 0.341 e. The van der Waals surface area contributed by atoms with Crippen molar-refractivity contribution in [3.8, 4) is 0 Å². The Morgan fingerprint density at radius 2 is 1.86 bits per heavy atom. The van der Waals surface area contributed by atoms with Crippen LogP contribution in [-0.2, 0) is 22.5 Å². The number of fused-ring (bicyclic) bond motifs is 1. The molecular formula is C20H23N3O4S. The van der Waals surface area contributed by atoms with Gasteiger partial charge >= 0.3 is 5.97 Å². The van der Waals surface area contributed by atoms with Crippen LogP contribution in [0, 0.1) is 0 Å². The molecule has 0 bridgehead atoms. The first-order valence-electron chi connectivity index (χ1n) is 8.89. The molecule has 2 heterocycles. The summed E-state index contributed by atoms with van der Waals surface area (Å²) in [7, 11) is 5.18. The summed E-state index contributed by atoms with van der Waals surface area (Å²) in [5.41, 5.74) is 2.73. The summed E-state index contributed by atoms with van der Waals surface area (Å²) in [5, 5.41) is 3.32. The molecule has 7 nitrogen and oxygen atoms in total. The molecule has 0 atom stereocenters. The third-order valence-corrected chi connectivity index (χ3v) is 5.90. The molecule has 1 aliphatic rings. The van der Waals surface area contributed by atoms with Crippen LogP contribution in [-0.4, -0.2) is 50.4 Å². The lowest BCUT2D eigenvalue weighted by atomic mass is 10.0. The van der Waals surface area contributed by atoms with Gasteiger partial charge in [-0.1, -0.05) is 0 Å². The van der Waals surface area contributed by atoms with Crippen molar-refractivity contribution in [2.75, 3.05) is 38.0 Å². The van der Waals surface area contributed by atoms with Gasteiger partial charge in [0.15, 0.2) is 0 Å². The fourth-order valence-electron chi connectivity index (χ4n) is 3.16. The first-order valence-corrected chi connectivity index (χ1v) is 9.70. The molecule has 0 aliphatic carbocycles. The number of thiophene rings is 1. The topological polar surface area (TPSA) is 79.0 Å². The van der Waals surface area contributed by atoms with Gasteiger partial charge in [-0.2, -0.15) is 0 Å². The molecule has 1 aromatic heterocycles. The van der Waals surface area contributed by atoms with Crippen LogP contribution in [0.15, 0.2) is 24.3 Å². The Morgan fingerprint density at radius 3 is 2.43 bits per heavy atom. The van der Waals surface area contributed by atoms with Crippen molar-refractivity contribution in [3.63, 3.8) is 0 Å². The number of carbonyl (C=O) groups excluding carboxylic acids is 3. The van der Waals surface area contributed by atoms with Gasteiger partial charge in [-0.3, -0.25) is 9.59 Å². The lowest BCUT2D eigenvalue weighted by molar-refractivity contribution is -0.129. The maximum atomic E-state index is 12.7. The number of anilines is 2. The van der Waals surface area contributed by atoms with E-state index < -0.39 is 5.97 Å². The van der Waals surface area contributed by atoms with Gasteiger partial charge in [0.1, 0.15) is 5.00 Å². The molecule has 0 fully saturated rings. The van der Waals surface area contributed by atoms with Gasteiger partial charge in [0.25, 0.3) is 5.91 Å². The van der Waals surface area contributed by atoms with Crippen molar-refractivity contribution in [1.29, 1.82) is 0 Å². The maximum absolute atomic E-state index is 12.7. The van der Waals surface area contributed by atoms with E-state index in [1.54, 1.807) is 17.0 Å². The number of esters is 1. The first kappa shape index (κ1) is 19.9. The predicted molar refractivity (Wildman–Crippen MR) is 109 cm³/mol. The second-order valence-electron chi connectivity index (χ2n) is 6.79. The van der Waals surface area contributed by atoms with Crippen molar-refractivity contribution in [2.45, 2.75) is 19.9 Å². The van der Waals surface area contributed by atoms with Crippen molar-refractivity contribution < 1.29 is 19.1 Å². The highest BCUT2D eigenvalue weighted by Crippen LogP contribution is 2.38. The molecule has 3 rings (SSSR count). The number of carbonyl (C=O) groups is 3. The molecule has 2 amide bonds. The van der Waals surface area contributed by atoms with E-state index in [0.29, 0.717) is 35.6 Å². The molecule has 1 aliphatic heterocycles. The molecule has 0 saturated carbocycles. The highest BCUT2D eigenvalue weighted by atomic mass is 32.1. The van der Waals surface area contributed by atoms with E-state index in [1.165, 1.54) is 25.4 Å². The number of benzene rings is 1. The standard InChI is InChI=1S/C20H23N3O4S/c1-12(24)23-10-9-15-16(11-23)28-19(17(15)20(26)27-4)21-18(25)13-5-7-14(8-6-13)22(2)3/h5-8H,9-11H2,1-4H3,(H,21,25). The summed E-state index contributed by atoms with van der Waals surface area (Å²) < 4.78 is 4.94. The SMILES string of the molecule is COC(=O)c1c(NC(=O)c2ccc(N(C)C)cc2)sc2c1CCN(C(C)=O)C2. The zero-order valence-corrected chi connectivity index (χ0v) is 17.2. The monoisotopic (exact) mass is 401 g/mol. The third kappa shape index (κ3) is 3.87. The van der Waals surface area contributed by atoms with Crippen molar-refractivity contribution >= 4 is 39.8 Å². The van der Waals surface area contributed by atoms with E-state index in [9.17, 15) is 14.4 Å². The number of nitrogens with zero attached hydrogens (tertiary/aromatic N) is 2. The van der Waals surface area contributed by atoms with Crippen LogP contribution in [0.1, 0.15) is 38.1 Å². The first-order chi connectivity index (χ1) is 13.3. The number of nitrogens with one attached hydrogen (secondary N) is 1.